The van der Waals surface area contributed by atoms with Gasteiger partial charge in [-0.3, -0.25) is 0 Å². The molecule has 0 amide bonds. The van der Waals surface area contributed by atoms with Gasteiger partial charge in [0.25, 0.3) is 8.38 Å². The number of hydrogen-bond donors (Lipinski definition) is 0. The van der Waals surface area contributed by atoms with Crippen molar-refractivity contribution in [3.8, 4) is 11.5 Å². The molecule has 0 aliphatic carbocycles. The van der Waals surface area contributed by atoms with Crippen molar-refractivity contribution in [3.05, 3.63) is 71.3 Å². The summed E-state index contributed by atoms with van der Waals surface area (Å²) in [6.07, 6.45) is 2.54. The zero-order valence-corrected chi connectivity index (χ0v) is 14.6. The van der Waals surface area contributed by atoms with Crippen LogP contribution in [0.25, 0.3) is 0 Å². The Morgan fingerprint density at radius 1 is 0.864 bits per heavy atom. The fourth-order valence-corrected chi connectivity index (χ4v) is 3.30. The molecule has 0 fully saturated rings. The average Bonchev–Trinajstić information content (AvgIpc) is 2.49. The molecule has 22 heavy (non-hydrogen) atoms. The summed E-state index contributed by atoms with van der Waals surface area (Å²) in [5.41, 5.74) is 4.75. The first-order valence-electron chi connectivity index (χ1n) is 7.39. The zero-order valence-electron chi connectivity index (χ0n) is 13.7. The van der Waals surface area contributed by atoms with E-state index in [2.05, 4.69) is 46.4 Å². The summed E-state index contributed by atoms with van der Waals surface area (Å²) in [4.78, 5) is 0. The fraction of sp³-hybridized carbons (Fsp3) is 0.263. The van der Waals surface area contributed by atoms with Gasteiger partial charge in [-0.15, -0.1) is 6.58 Å². The monoisotopic (exact) mass is 314 g/mol. The minimum Gasteiger partial charge on any atom is -0.438 e. The first kappa shape index (κ1) is 16.6. The van der Waals surface area contributed by atoms with E-state index >= 15 is 0 Å². The SMILES string of the molecule is C=CCP(Oc1cccc(C)c1C)Oc1cccc(C)c1C. The van der Waals surface area contributed by atoms with Crippen molar-refractivity contribution in [1.82, 2.24) is 0 Å². The third-order valence-corrected chi connectivity index (χ3v) is 5.15. The minimum atomic E-state index is -1.09. The fourth-order valence-electron chi connectivity index (χ4n) is 2.06. The molecule has 2 rings (SSSR count). The highest BCUT2D eigenvalue weighted by Gasteiger charge is 2.16. The van der Waals surface area contributed by atoms with Crippen molar-refractivity contribution in [2.75, 3.05) is 6.16 Å². The number of allylic oxidation sites excluding steroid dienone is 1. The van der Waals surface area contributed by atoms with Crippen LogP contribution in [0.3, 0.4) is 0 Å². The molecular weight excluding hydrogens is 291 g/mol. The molecule has 0 heterocycles. The Morgan fingerprint density at radius 2 is 1.32 bits per heavy atom. The standard InChI is InChI=1S/C19H23O2P/c1-6-13-22(20-18-11-7-9-14(2)16(18)4)21-19-12-8-10-15(3)17(19)5/h6-12H,1,13H2,2-5H3. The van der Waals surface area contributed by atoms with Gasteiger partial charge in [-0.1, -0.05) is 30.3 Å². The lowest BCUT2D eigenvalue weighted by atomic mass is 10.1. The molecule has 2 aromatic carbocycles. The van der Waals surface area contributed by atoms with Gasteiger partial charge in [0, 0.05) is 0 Å². The Hall–Kier alpha value is -1.79. The number of rotatable bonds is 6. The molecule has 2 nitrogen and oxygen atoms in total. The molecule has 116 valence electrons. The molecule has 0 N–H and O–H groups in total. The van der Waals surface area contributed by atoms with Crippen molar-refractivity contribution in [3.63, 3.8) is 0 Å². The third kappa shape index (κ3) is 3.90. The largest absolute Gasteiger partial charge is 0.438 e. The minimum absolute atomic E-state index is 0.691. The Balaban J connectivity index is 2.21. The van der Waals surface area contributed by atoms with Crippen molar-refractivity contribution in [2.45, 2.75) is 27.7 Å². The summed E-state index contributed by atoms with van der Waals surface area (Å²) in [6, 6.07) is 12.2. The van der Waals surface area contributed by atoms with Crippen molar-refractivity contribution < 1.29 is 9.05 Å². The second-order valence-electron chi connectivity index (χ2n) is 5.38. The highest BCUT2D eigenvalue weighted by atomic mass is 31.2. The normalized spacial score (nSPS) is 10.6. The molecule has 0 saturated heterocycles. The molecule has 0 unspecified atom stereocenters. The van der Waals surface area contributed by atoms with Crippen molar-refractivity contribution in [2.24, 2.45) is 0 Å². The van der Waals surface area contributed by atoms with Gasteiger partial charge >= 0.3 is 0 Å². The summed E-state index contributed by atoms with van der Waals surface area (Å²) in [6.45, 7) is 12.1. The zero-order chi connectivity index (χ0) is 16.1. The molecule has 0 radical (unpaired) electrons. The molecule has 0 atom stereocenters. The van der Waals surface area contributed by atoms with E-state index in [4.69, 9.17) is 9.05 Å². The van der Waals surface area contributed by atoms with Gasteiger partial charge < -0.3 is 9.05 Å². The Bertz CT molecular complexity index is 611. The molecule has 0 spiro atoms. The summed E-state index contributed by atoms with van der Waals surface area (Å²) in [5.74, 6) is 1.77. The first-order valence-corrected chi connectivity index (χ1v) is 8.76. The summed E-state index contributed by atoms with van der Waals surface area (Å²) in [7, 11) is -1.09. The molecule has 0 bridgehead atoms. The number of aryl methyl sites for hydroxylation is 2. The van der Waals surface area contributed by atoms with Gasteiger partial charge in [-0.05, 0) is 62.1 Å². The van der Waals surface area contributed by atoms with E-state index in [0.717, 1.165) is 22.6 Å². The topological polar surface area (TPSA) is 18.5 Å². The van der Waals surface area contributed by atoms with Crippen LogP contribution < -0.4 is 9.05 Å². The summed E-state index contributed by atoms with van der Waals surface area (Å²) >= 11 is 0. The number of hydrogen-bond acceptors (Lipinski definition) is 2. The second-order valence-corrected chi connectivity index (χ2v) is 6.78. The van der Waals surface area contributed by atoms with Crippen LogP contribution in [-0.4, -0.2) is 6.16 Å². The van der Waals surface area contributed by atoms with Crippen LogP contribution in [0.15, 0.2) is 49.1 Å². The van der Waals surface area contributed by atoms with Gasteiger partial charge in [0.2, 0.25) is 0 Å². The Labute approximate surface area is 134 Å². The van der Waals surface area contributed by atoms with Crippen LogP contribution in [0.4, 0.5) is 0 Å². The lowest BCUT2D eigenvalue weighted by Crippen LogP contribution is -2.01. The highest BCUT2D eigenvalue weighted by molar-refractivity contribution is 7.48. The molecule has 0 aliphatic rings. The van der Waals surface area contributed by atoms with Crippen LogP contribution in [-0.2, 0) is 0 Å². The van der Waals surface area contributed by atoms with Crippen molar-refractivity contribution >= 4 is 8.38 Å². The van der Waals surface area contributed by atoms with E-state index in [-0.39, 0.29) is 0 Å². The van der Waals surface area contributed by atoms with Gasteiger partial charge in [0.15, 0.2) is 0 Å². The summed E-state index contributed by atoms with van der Waals surface area (Å²) < 4.78 is 12.3. The van der Waals surface area contributed by atoms with E-state index in [0.29, 0.717) is 6.16 Å². The third-order valence-electron chi connectivity index (χ3n) is 3.79. The molecule has 0 aliphatic heterocycles. The molecule has 0 saturated carbocycles. The van der Waals surface area contributed by atoms with Gasteiger partial charge in [-0.2, -0.15) is 0 Å². The quantitative estimate of drug-likeness (QED) is 0.490. The summed E-state index contributed by atoms with van der Waals surface area (Å²) in [5, 5.41) is 0. The highest BCUT2D eigenvalue weighted by Crippen LogP contribution is 2.43. The first-order chi connectivity index (χ1) is 10.5. The van der Waals surface area contributed by atoms with E-state index in [1.165, 1.54) is 11.1 Å². The average molecular weight is 314 g/mol. The van der Waals surface area contributed by atoms with E-state index in [9.17, 15) is 0 Å². The van der Waals surface area contributed by atoms with E-state index < -0.39 is 8.38 Å². The smallest absolute Gasteiger partial charge is 0.294 e. The molecule has 2 aromatic rings. The lowest BCUT2D eigenvalue weighted by molar-refractivity contribution is 0.488. The van der Waals surface area contributed by atoms with Gasteiger partial charge in [-0.25, -0.2) is 0 Å². The van der Waals surface area contributed by atoms with Crippen molar-refractivity contribution in [1.29, 1.82) is 0 Å². The second kappa shape index (κ2) is 7.47. The van der Waals surface area contributed by atoms with Crippen LogP contribution in [0.1, 0.15) is 22.3 Å². The maximum absolute atomic E-state index is 6.14. The predicted molar refractivity (Wildman–Crippen MR) is 95.1 cm³/mol. The van der Waals surface area contributed by atoms with Crippen LogP contribution in [0.5, 0.6) is 11.5 Å². The maximum Gasteiger partial charge on any atom is 0.294 e. The van der Waals surface area contributed by atoms with Crippen LogP contribution in [0, 0.1) is 27.7 Å². The molecule has 3 heteroatoms. The number of benzene rings is 2. The lowest BCUT2D eigenvalue weighted by Gasteiger charge is -2.20. The van der Waals surface area contributed by atoms with Gasteiger partial charge in [0.05, 0.1) is 6.16 Å². The maximum atomic E-state index is 6.14. The molecule has 0 aromatic heterocycles. The Kier molecular flexibility index (Phi) is 5.63. The van der Waals surface area contributed by atoms with E-state index in [1.54, 1.807) is 0 Å². The van der Waals surface area contributed by atoms with Crippen LogP contribution >= 0.6 is 8.38 Å². The Morgan fingerprint density at radius 3 is 1.73 bits per heavy atom. The van der Waals surface area contributed by atoms with Gasteiger partial charge in [0.1, 0.15) is 11.5 Å². The predicted octanol–water partition coefficient (Wildman–Crippen LogP) is 5.88. The van der Waals surface area contributed by atoms with Crippen LogP contribution in [0.2, 0.25) is 0 Å². The van der Waals surface area contributed by atoms with E-state index in [1.807, 2.05) is 30.3 Å². The molecular formula is C19H23O2P.